The number of thiophene rings is 1. The summed E-state index contributed by atoms with van der Waals surface area (Å²) in [5, 5.41) is 5.34. The van der Waals surface area contributed by atoms with Crippen molar-refractivity contribution in [1.29, 1.82) is 0 Å². The van der Waals surface area contributed by atoms with Gasteiger partial charge in [-0.05, 0) is 60.7 Å². The minimum absolute atomic E-state index is 0.604. The van der Waals surface area contributed by atoms with Gasteiger partial charge in [-0.2, -0.15) is 0 Å². The Balaban J connectivity index is 1.04. The molecule has 7 nitrogen and oxygen atoms in total. The smallest absolute Gasteiger partial charge is 0.180 e. The van der Waals surface area contributed by atoms with Crippen molar-refractivity contribution in [3.63, 3.8) is 0 Å². The first-order valence-corrected chi connectivity index (χ1v) is 21.7. The highest BCUT2D eigenvalue weighted by molar-refractivity contribution is 7.26. The van der Waals surface area contributed by atoms with Crippen LogP contribution >= 0.6 is 11.3 Å². The lowest BCUT2D eigenvalue weighted by Crippen LogP contribution is -2.01. The van der Waals surface area contributed by atoms with Crippen molar-refractivity contribution in [2.45, 2.75) is 0 Å². The highest BCUT2D eigenvalue weighted by Gasteiger charge is 2.23. The third-order valence-electron chi connectivity index (χ3n) is 11.9. The molecule has 8 heteroatoms. The fraction of sp³-hybridized carbons (Fsp3) is 0. The van der Waals surface area contributed by atoms with Crippen LogP contribution in [0.5, 0.6) is 0 Å². The van der Waals surface area contributed by atoms with E-state index < -0.39 is 0 Å². The molecule has 0 saturated carbocycles. The van der Waals surface area contributed by atoms with Crippen LogP contribution in [0.2, 0.25) is 0 Å². The quantitative estimate of drug-likeness (QED) is 0.166. The summed E-state index contributed by atoms with van der Waals surface area (Å²) in [6, 6.07) is 66.8. The van der Waals surface area contributed by atoms with Crippen molar-refractivity contribution in [2.24, 2.45) is 0 Å². The predicted octanol–water partition coefficient (Wildman–Crippen LogP) is 14.4. The Hall–Kier alpha value is -8.33. The van der Waals surface area contributed by atoms with E-state index in [0.29, 0.717) is 28.9 Å². The second kappa shape index (κ2) is 14.1. The van der Waals surface area contributed by atoms with Crippen molar-refractivity contribution < 1.29 is 4.42 Å². The Bertz CT molecular complexity index is 3910. The molecule has 5 heterocycles. The fourth-order valence-electron chi connectivity index (χ4n) is 9.06. The number of nitrogens with zero attached hydrogens (tertiary/aromatic N) is 6. The number of aromatic nitrogens is 6. The zero-order valence-electron chi connectivity index (χ0n) is 33.5. The first-order valence-electron chi connectivity index (χ1n) is 20.8. The second-order valence-corrected chi connectivity index (χ2v) is 16.7. The Morgan fingerprint density at radius 1 is 0.397 bits per heavy atom. The first-order chi connectivity index (χ1) is 31.2. The van der Waals surface area contributed by atoms with Crippen molar-refractivity contribution in [3.8, 4) is 62.5 Å². The maximum Gasteiger partial charge on any atom is 0.180 e. The molecule has 13 aromatic rings. The highest BCUT2D eigenvalue weighted by atomic mass is 32.1. The normalized spacial score (nSPS) is 11.8. The van der Waals surface area contributed by atoms with E-state index in [4.69, 9.17) is 29.3 Å². The third kappa shape index (κ3) is 5.69. The summed E-state index contributed by atoms with van der Waals surface area (Å²) >= 11 is 1.76. The predicted molar refractivity (Wildman–Crippen MR) is 257 cm³/mol. The molecule has 0 aliphatic rings. The van der Waals surface area contributed by atoms with Crippen LogP contribution in [0.1, 0.15) is 0 Å². The average molecular weight is 825 g/mol. The zero-order valence-corrected chi connectivity index (χ0v) is 34.3. The number of benzene rings is 8. The van der Waals surface area contributed by atoms with Crippen molar-refractivity contribution in [3.05, 3.63) is 194 Å². The molecule has 0 N–H and O–H groups in total. The van der Waals surface area contributed by atoms with Gasteiger partial charge in [-0.15, -0.1) is 11.3 Å². The summed E-state index contributed by atoms with van der Waals surface area (Å²) in [7, 11) is 0. The second-order valence-electron chi connectivity index (χ2n) is 15.6. The van der Waals surface area contributed by atoms with Gasteiger partial charge >= 0.3 is 0 Å². The molecule has 13 rings (SSSR count). The molecule has 0 atom stereocenters. The molecule has 0 unspecified atom stereocenters. The summed E-state index contributed by atoms with van der Waals surface area (Å²) in [5.41, 5.74) is 11.0. The summed E-state index contributed by atoms with van der Waals surface area (Å²) in [6.07, 6.45) is 0. The average Bonchev–Trinajstić information content (AvgIpc) is 4.04. The van der Waals surface area contributed by atoms with Gasteiger partial charge < -0.3 is 8.98 Å². The Kier molecular flexibility index (Phi) is 7.94. The topological polar surface area (TPSA) is 82.5 Å². The van der Waals surface area contributed by atoms with E-state index in [2.05, 4.69) is 144 Å². The van der Waals surface area contributed by atoms with Crippen LogP contribution in [0.15, 0.2) is 199 Å². The molecular weight excluding hydrogens is 793 g/mol. The summed E-state index contributed by atoms with van der Waals surface area (Å²) in [4.78, 5) is 26.3. The van der Waals surface area contributed by atoms with Gasteiger partial charge in [-0.25, -0.2) is 24.9 Å². The molecule has 8 aromatic carbocycles. The van der Waals surface area contributed by atoms with Gasteiger partial charge in [0.05, 0.1) is 11.0 Å². The van der Waals surface area contributed by atoms with E-state index in [9.17, 15) is 0 Å². The van der Waals surface area contributed by atoms with E-state index in [1.165, 1.54) is 0 Å². The maximum absolute atomic E-state index is 6.41. The highest BCUT2D eigenvalue weighted by Crippen LogP contribution is 2.43. The van der Waals surface area contributed by atoms with Crippen LogP contribution in [-0.4, -0.2) is 29.5 Å². The molecule has 63 heavy (non-hydrogen) atoms. The van der Waals surface area contributed by atoms with Gasteiger partial charge in [0.2, 0.25) is 0 Å². The number of para-hydroxylation sites is 3. The standard InChI is InChI=1S/C55H32N6OS/c1-4-16-33(17-5-1)49-51-50(38-23-11-13-28-44(38)62-51)57-53(56-49)35-30-31-45-41(32-35)48-40(25-15-29-46(48)63-45)55-59-52(34-18-6-2-7-19-34)58-54(60-55)39-24-14-27-43-47(39)37-22-10-12-26-42(37)61(43)36-20-8-3-9-21-36/h1-32H. The van der Waals surface area contributed by atoms with Gasteiger partial charge in [0.1, 0.15) is 16.8 Å². The van der Waals surface area contributed by atoms with Gasteiger partial charge in [0, 0.05) is 69.8 Å². The summed E-state index contributed by atoms with van der Waals surface area (Å²) in [5.74, 6) is 2.45. The zero-order chi connectivity index (χ0) is 41.4. The molecule has 0 saturated heterocycles. The Labute approximate surface area is 364 Å². The monoisotopic (exact) mass is 824 g/mol. The molecule has 0 aliphatic heterocycles. The third-order valence-corrected chi connectivity index (χ3v) is 13.0. The van der Waals surface area contributed by atoms with Crippen LogP contribution in [0.4, 0.5) is 0 Å². The molecule has 5 aromatic heterocycles. The SMILES string of the molecule is c1ccc(-c2nc(-c3cccc4sc5ccc(-c6nc(-c7ccccc7)c7oc8ccccc8c7n6)cc5c34)nc(-c3cccc4c3c3ccccc3n4-c3ccccc3)n2)cc1. The minimum atomic E-state index is 0.604. The van der Waals surface area contributed by atoms with E-state index in [-0.39, 0.29) is 0 Å². The van der Waals surface area contributed by atoms with Crippen molar-refractivity contribution in [1.82, 2.24) is 29.5 Å². The van der Waals surface area contributed by atoms with E-state index >= 15 is 0 Å². The number of hydrogen-bond donors (Lipinski definition) is 0. The number of furan rings is 1. The molecular formula is C55H32N6OS. The number of fused-ring (bicyclic) bond motifs is 9. The van der Waals surface area contributed by atoms with Gasteiger partial charge in [-0.1, -0.05) is 133 Å². The van der Waals surface area contributed by atoms with Gasteiger partial charge in [0.15, 0.2) is 28.9 Å². The van der Waals surface area contributed by atoms with Crippen LogP contribution in [0.3, 0.4) is 0 Å². The maximum atomic E-state index is 6.41. The van der Waals surface area contributed by atoms with Crippen molar-refractivity contribution in [2.75, 3.05) is 0 Å². The molecule has 0 spiro atoms. The van der Waals surface area contributed by atoms with Crippen molar-refractivity contribution >= 4 is 75.4 Å². The lowest BCUT2D eigenvalue weighted by molar-refractivity contribution is 0.667. The van der Waals surface area contributed by atoms with E-state index in [1.807, 2.05) is 54.6 Å². The molecule has 0 fully saturated rings. The first kappa shape index (κ1) is 35.4. The van der Waals surface area contributed by atoms with Crippen LogP contribution in [-0.2, 0) is 0 Å². The largest absolute Gasteiger partial charge is 0.452 e. The summed E-state index contributed by atoms with van der Waals surface area (Å²) < 4.78 is 11.0. The molecule has 0 aliphatic carbocycles. The summed E-state index contributed by atoms with van der Waals surface area (Å²) in [6.45, 7) is 0. The van der Waals surface area contributed by atoms with Gasteiger partial charge in [-0.3, -0.25) is 0 Å². The van der Waals surface area contributed by atoms with Crippen LogP contribution in [0.25, 0.3) is 127 Å². The Morgan fingerprint density at radius 3 is 1.81 bits per heavy atom. The number of rotatable bonds is 6. The fourth-order valence-corrected chi connectivity index (χ4v) is 10.2. The molecule has 294 valence electrons. The van der Waals surface area contributed by atoms with Crippen LogP contribution < -0.4 is 0 Å². The van der Waals surface area contributed by atoms with E-state index in [1.54, 1.807) is 11.3 Å². The van der Waals surface area contributed by atoms with E-state index in [0.717, 1.165) is 97.7 Å². The Morgan fingerprint density at radius 2 is 1.02 bits per heavy atom. The molecule has 0 bridgehead atoms. The number of hydrogen-bond acceptors (Lipinski definition) is 7. The van der Waals surface area contributed by atoms with Crippen LogP contribution in [0, 0.1) is 0 Å². The molecule has 0 amide bonds. The lowest BCUT2D eigenvalue weighted by Gasteiger charge is -2.11. The minimum Gasteiger partial charge on any atom is -0.452 e. The molecule has 0 radical (unpaired) electrons. The lowest BCUT2D eigenvalue weighted by atomic mass is 10.0. The van der Waals surface area contributed by atoms with Gasteiger partial charge in [0.25, 0.3) is 0 Å².